The monoisotopic (exact) mass is 471 g/mol. The fraction of sp³-hybridized carbons (Fsp3) is 0.0909. The van der Waals surface area contributed by atoms with Crippen molar-refractivity contribution in [3.05, 3.63) is 82.4 Å². The third-order valence-electron chi connectivity index (χ3n) is 5.14. The summed E-state index contributed by atoms with van der Waals surface area (Å²) in [6.07, 6.45) is 0.600. The molecule has 0 aromatic heterocycles. The minimum atomic E-state index is -3.92. The first-order valence-electron chi connectivity index (χ1n) is 9.53. The van der Waals surface area contributed by atoms with Crippen molar-refractivity contribution in [3.63, 3.8) is 0 Å². The molecule has 3 aromatic carbocycles. The van der Waals surface area contributed by atoms with Gasteiger partial charge in [-0.1, -0.05) is 29.8 Å². The number of amides is 1. The van der Waals surface area contributed by atoms with Crippen molar-refractivity contribution in [2.24, 2.45) is 0 Å². The summed E-state index contributed by atoms with van der Waals surface area (Å²) in [5.41, 5.74) is 7.44. The Hall–Kier alpha value is -3.56. The van der Waals surface area contributed by atoms with E-state index in [-0.39, 0.29) is 32.4 Å². The lowest BCUT2D eigenvalue weighted by molar-refractivity contribution is 0.0698. The average molecular weight is 472 g/mol. The van der Waals surface area contributed by atoms with E-state index in [2.05, 4.69) is 5.32 Å². The lowest BCUT2D eigenvalue weighted by Crippen LogP contribution is -2.29. The van der Waals surface area contributed by atoms with Crippen molar-refractivity contribution < 1.29 is 23.1 Å². The number of carbonyl (C=O) groups is 2. The Morgan fingerprint density at radius 3 is 2.53 bits per heavy atom. The van der Waals surface area contributed by atoms with Gasteiger partial charge in [0.15, 0.2) is 0 Å². The summed E-state index contributed by atoms with van der Waals surface area (Å²) in [6, 6.07) is 15.1. The van der Waals surface area contributed by atoms with Gasteiger partial charge in [-0.2, -0.15) is 0 Å². The van der Waals surface area contributed by atoms with E-state index in [0.717, 1.165) is 5.56 Å². The predicted octanol–water partition coefficient (Wildman–Crippen LogP) is 3.62. The van der Waals surface area contributed by atoms with E-state index in [4.69, 9.17) is 17.3 Å². The first kappa shape index (κ1) is 21.7. The van der Waals surface area contributed by atoms with Crippen LogP contribution in [0.1, 0.15) is 26.3 Å². The maximum absolute atomic E-state index is 13.2. The number of nitrogens with zero attached hydrogens (tertiary/aromatic N) is 1. The second kappa shape index (κ2) is 8.18. The second-order valence-corrected chi connectivity index (χ2v) is 9.42. The Bertz CT molecular complexity index is 1360. The molecule has 0 saturated heterocycles. The van der Waals surface area contributed by atoms with E-state index in [1.807, 2.05) is 12.1 Å². The van der Waals surface area contributed by atoms with Crippen LogP contribution >= 0.6 is 11.6 Å². The van der Waals surface area contributed by atoms with Crippen LogP contribution in [0, 0.1) is 0 Å². The van der Waals surface area contributed by atoms with Crippen molar-refractivity contribution in [1.29, 1.82) is 0 Å². The highest BCUT2D eigenvalue weighted by atomic mass is 35.5. The smallest absolute Gasteiger partial charge is 0.337 e. The average Bonchev–Trinajstić information content (AvgIpc) is 3.19. The van der Waals surface area contributed by atoms with Crippen LogP contribution in [0.25, 0.3) is 0 Å². The van der Waals surface area contributed by atoms with Gasteiger partial charge in [0.05, 0.1) is 22.6 Å². The Morgan fingerprint density at radius 2 is 1.81 bits per heavy atom. The minimum absolute atomic E-state index is 0.0517. The minimum Gasteiger partial charge on any atom is -0.478 e. The first-order chi connectivity index (χ1) is 15.2. The zero-order chi connectivity index (χ0) is 23.0. The number of nitrogen functional groups attached to an aromatic ring is 1. The molecule has 0 aliphatic carbocycles. The van der Waals surface area contributed by atoms with E-state index >= 15 is 0 Å². The zero-order valence-electron chi connectivity index (χ0n) is 16.6. The van der Waals surface area contributed by atoms with Crippen molar-refractivity contribution >= 4 is 50.6 Å². The van der Waals surface area contributed by atoms with Crippen LogP contribution in [0.4, 0.5) is 17.1 Å². The number of nitrogens with two attached hydrogens (primary N) is 1. The molecule has 8 nitrogen and oxygen atoms in total. The number of carboxylic acid groups (broad SMARTS) is 1. The zero-order valence-corrected chi connectivity index (χ0v) is 18.2. The number of nitrogens with one attached hydrogen (secondary N) is 1. The van der Waals surface area contributed by atoms with Gasteiger partial charge in [-0.15, -0.1) is 0 Å². The molecule has 1 aliphatic heterocycles. The number of fused-ring (bicyclic) bond motifs is 1. The maximum atomic E-state index is 13.2. The van der Waals surface area contributed by atoms with Crippen LogP contribution in [0.3, 0.4) is 0 Å². The van der Waals surface area contributed by atoms with Gasteiger partial charge in [0.25, 0.3) is 15.9 Å². The maximum Gasteiger partial charge on any atom is 0.337 e. The number of hydrogen-bond donors (Lipinski definition) is 3. The molecule has 0 radical (unpaired) electrons. The van der Waals surface area contributed by atoms with E-state index in [1.165, 1.54) is 40.7 Å². The highest BCUT2D eigenvalue weighted by Gasteiger charge is 2.32. The van der Waals surface area contributed by atoms with Crippen LogP contribution in [-0.2, 0) is 16.4 Å². The normalized spacial score (nSPS) is 13.0. The van der Waals surface area contributed by atoms with Gasteiger partial charge < -0.3 is 16.2 Å². The summed E-state index contributed by atoms with van der Waals surface area (Å²) >= 11 is 5.83. The molecule has 0 unspecified atom stereocenters. The fourth-order valence-electron chi connectivity index (χ4n) is 3.60. The van der Waals surface area contributed by atoms with Crippen LogP contribution in [0.2, 0.25) is 5.02 Å². The number of anilines is 3. The molecule has 1 heterocycles. The number of halogens is 1. The molecule has 10 heteroatoms. The molecule has 4 rings (SSSR count). The summed E-state index contributed by atoms with van der Waals surface area (Å²) in [7, 11) is -3.92. The summed E-state index contributed by atoms with van der Waals surface area (Å²) in [4.78, 5) is 24.0. The number of benzene rings is 3. The van der Waals surface area contributed by atoms with Gasteiger partial charge >= 0.3 is 5.97 Å². The lowest BCUT2D eigenvalue weighted by Gasteiger charge is -2.21. The molecule has 1 aliphatic rings. The van der Waals surface area contributed by atoms with Gasteiger partial charge in [0, 0.05) is 17.1 Å². The quantitative estimate of drug-likeness (QED) is 0.487. The summed E-state index contributed by atoms with van der Waals surface area (Å²) in [5, 5.41) is 12.0. The van der Waals surface area contributed by atoms with E-state index < -0.39 is 21.9 Å². The summed E-state index contributed by atoms with van der Waals surface area (Å²) in [5.74, 6) is -1.90. The van der Waals surface area contributed by atoms with Crippen molar-refractivity contribution in [3.8, 4) is 0 Å². The molecule has 1 amide bonds. The van der Waals surface area contributed by atoms with Crippen LogP contribution in [0.15, 0.2) is 65.6 Å². The second-order valence-electron chi connectivity index (χ2n) is 7.16. The molecule has 4 N–H and O–H groups in total. The van der Waals surface area contributed by atoms with Gasteiger partial charge in [0.2, 0.25) is 0 Å². The highest BCUT2D eigenvalue weighted by Crippen LogP contribution is 2.34. The van der Waals surface area contributed by atoms with Crippen LogP contribution in [0.5, 0.6) is 0 Å². The molecule has 0 atom stereocenters. The number of carbonyl (C=O) groups excluding carboxylic acids is 1. The van der Waals surface area contributed by atoms with Crippen LogP contribution < -0.4 is 15.4 Å². The number of aromatic carboxylic acids is 1. The molecule has 0 bridgehead atoms. The molecule has 3 aromatic rings. The third kappa shape index (κ3) is 3.88. The van der Waals surface area contributed by atoms with Gasteiger partial charge in [-0.25, -0.2) is 13.2 Å². The Labute approximate surface area is 189 Å². The molecule has 0 spiro atoms. The Morgan fingerprint density at radius 1 is 1.06 bits per heavy atom. The number of hydrogen-bond acceptors (Lipinski definition) is 5. The van der Waals surface area contributed by atoms with E-state index in [0.29, 0.717) is 18.7 Å². The summed E-state index contributed by atoms with van der Waals surface area (Å²) in [6.45, 7) is 0.303. The van der Waals surface area contributed by atoms with Gasteiger partial charge in [-0.3, -0.25) is 9.10 Å². The van der Waals surface area contributed by atoms with Gasteiger partial charge in [0.1, 0.15) is 4.90 Å². The third-order valence-corrected chi connectivity index (χ3v) is 7.27. The Balaban J connectivity index is 1.62. The lowest BCUT2D eigenvalue weighted by atomic mass is 10.1. The molecule has 164 valence electrons. The largest absolute Gasteiger partial charge is 0.478 e. The highest BCUT2D eigenvalue weighted by molar-refractivity contribution is 7.93. The Kier molecular flexibility index (Phi) is 5.53. The number of rotatable bonds is 5. The van der Waals surface area contributed by atoms with Crippen molar-refractivity contribution in [2.45, 2.75) is 11.3 Å². The molecular formula is C22H18ClN3O5S. The van der Waals surface area contributed by atoms with Crippen molar-refractivity contribution in [2.75, 3.05) is 21.9 Å². The topological polar surface area (TPSA) is 130 Å². The number of sulfonamides is 1. The van der Waals surface area contributed by atoms with Gasteiger partial charge in [-0.05, 0) is 54.4 Å². The molecular weight excluding hydrogens is 454 g/mol. The first-order valence-corrected chi connectivity index (χ1v) is 11.3. The fourth-order valence-corrected chi connectivity index (χ4v) is 5.37. The molecule has 0 saturated carbocycles. The van der Waals surface area contributed by atoms with E-state index in [9.17, 15) is 23.1 Å². The summed E-state index contributed by atoms with van der Waals surface area (Å²) < 4.78 is 27.7. The van der Waals surface area contributed by atoms with Crippen molar-refractivity contribution in [1.82, 2.24) is 0 Å². The van der Waals surface area contributed by atoms with Crippen LogP contribution in [-0.4, -0.2) is 31.9 Å². The predicted molar refractivity (Wildman–Crippen MR) is 122 cm³/mol. The number of carboxylic acids is 1. The SMILES string of the molecule is Nc1cc(C(=O)Nc2ccc(Cl)cc2C(=O)O)ccc1S(=O)(=O)N1CCc2ccccc21. The van der Waals surface area contributed by atoms with E-state index in [1.54, 1.807) is 12.1 Å². The standard InChI is InChI=1S/C22H18ClN3O5S/c23-15-6-7-18(16(12-15)22(28)29)25-21(27)14-5-8-20(17(24)11-14)32(30,31)26-10-9-13-3-1-2-4-19(13)26/h1-8,11-12H,9-10,24H2,(H,25,27)(H,28,29). The molecule has 0 fully saturated rings. The molecule has 32 heavy (non-hydrogen) atoms. The number of para-hydroxylation sites is 1.